The molecule has 21 heavy (non-hydrogen) atoms. The van der Waals surface area contributed by atoms with E-state index in [4.69, 9.17) is 0 Å². The molecule has 0 aliphatic carbocycles. The van der Waals surface area contributed by atoms with Gasteiger partial charge in [0.2, 0.25) is 0 Å². The zero-order valence-electron chi connectivity index (χ0n) is 13.5. The Morgan fingerprint density at radius 2 is 1.86 bits per heavy atom. The van der Waals surface area contributed by atoms with Crippen molar-refractivity contribution in [3.63, 3.8) is 0 Å². The van der Waals surface area contributed by atoms with E-state index in [-0.39, 0.29) is 0 Å². The maximum absolute atomic E-state index is 3.67. The first-order valence-electron chi connectivity index (χ1n) is 7.63. The summed E-state index contributed by atoms with van der Waals surface area (Å²) in [5.41, 5.74) is 2.76. The first kappa shape index (κ1) is 16.2. The van der Waals surface area contributed by atoms with E-state index >= 15 is 0 Å². The lowest BCUT2D eigenvalue weighted by Gasteiger charge is -2.26. The molecule has 1 aromatic carbocycles. The molecule has 0 aliphatic heterocycles. The molecule has 3 heteroatoms. The Hall–Kier alpha value is -1.16. The molecule has 2 nitrogen and oxygen atoms in total. The van der Waals surface area contributed by atoms with Gasteiger partial charge in [0.05, 0.1) is 6.04 Å². The molecule has 0 spiro atoms. The SMILES string of the molecule is CCc1ccc(C(C)NCC(c2cccs2)N(C)C)cc1. The van der Waals surface area contributed by atoms with Crippen LogP contribution in [0.2, 0.25) is 0 Å². The van der Waals surface area contributed by atoms with E-state index in [0.717, 1.165) is 13.0 Å². The van der Waals surface area contributed by atoms with Gasteiger partial charge in [-0.15, -0.1) is 11.3 Å². The molecule has 0 amide bonds. The van der Waals surface area contributed by atoms with Crippen LogP contribution in [0, 0.1) is 0 Å². The summed E-state index contributed by atoms with van der Waals surface area (Å²) in [7, 11) is 4.29. The van der Waals surface area contributed by atoms with Gasteiger partial charge in [0.25, 0.3) is 0 Å². The fraction of sp³-hybridized carbons (Fsp3) is 0.444. The number of thiophene rings is 1. The maximum atomic E-state index is 3.67. The summed E-state index contributed by atoms with van der Waals surface area (Å²) in [6.07, 6.45) is 1.10. The minimum atomic E-state index is 0.373. The molecule has 0 radical (unpaired) electrons. The number of aryl methyl sites for hydroxylation is 1. The molecule has 1 heterocycles. The lowest BCUT2D eigenvalue weighted by atomic mass is 10.0. The lowest BCUT2D eigenvalue weighted by molar-refractivity contribution is 0.285. The molecule has 0 saturated heterocycles. The number of benzene rings is 1. The minimum absolute atomic E-state index is 0.373. The Kier molecular flexibility index (Phi) is 5.97. The molecule has 2 atom stereocenters. The first-order valence-corrected chi connectivity index (χ1v) is 8.51. The third kappa shape index (κ3) is 4.40. The monoisotopic (exact) mass is 302 g/mol. The van der Waals surface area contributed by atoms with Gasteiger partial charge in [0.15, 0.2) is 0 Å². The molecule has 1 aromatic heterocycles. The van der Waals surface area contributed by atoms with Gasteiger partial charge in [-0.3, -0.25) is 0 Å². The molecule has 2 aromatic rings. The molecule has 2 unspecified atom stereocenters. The van der Waals surface area contributed by atoms with E-state index in [2.05, 4.69) is 79.9 Å². The van der Waals surface area contributed by atoms with Crippen molar-refractivity contribution in [1.29, 1.82) is 0 Å². The van der Waals surface area contributed by atoms with Crippen LogP contribution in [0.5, 0.6) is 0 Å². The van der Waals surface area contributed by atoms with Crippen LogP contribution in [0.25, 0.3) is 0 Å². The van der Waals surface area contributed by atoms with Crippen molar-refractivity contribution in [2.24, 2.45) is 0 Å². The van der Waals surface area contributed by atoms with Gasteiger partial charge in [0.1, 0.15) is 0 Å². The Balaban J connectivity index is 1.96. The van der Waals surface area contributed by atoms with Crippen molar-refractivity contribution in [2.75, 3.05) is 20.6 Å². The second-order valence-corrected chi connectivity index (χ2v) is 6.70. The average molecular weight is 302 g/mol. The number of nitrogens with zero attached hydrogens (tertiary/aromatic N) is 1. The molecular weight excluding hydrogens is 276 g/mol. The Morgan fingerprint density at radius 3 is 2.38 bits per heavy atom. The summed E-state index contributed by atoms with van der Waals surface area (Å²) < 4.78 is 0. The first-order chi connectivity index (χ1) is 10.1. The van der Waals surface area contributed by atoms with Crippen molar-refractivity contribution in [3.05, 3.63) is 57.8 Å². The Labute approximate surface area is 132 Å². The topological polar surface area (TPSA) is 15.3 Å². The number of nitrogens with one attached hydrogen (secondary N) is 1. The maximum Gasteiger partial charge on any atom is 0.0561 e. The number of rotatable bonds is 7. The van der Waals surface area contributed by atoms with E-state index in [1.807, 2.05) is 11.3 Å². The van der Waals surface area contributed by atoms with Crippen LogP contribution < -0.4 is 5.32 Å². The summed E-state index contributed by atoms with van der Waals surface area (Å²) in [6.45, 7) is 5.39. The summed E-state index contributed by atoms with van der Waals surface area (Å²) >= 11 is 1.83. The van der Waals surface area contributed by atoms with Crippen molar-refractivity contribution >= 4 is 11.3 Å². The van der Waals surface area contributed by atoms with Crippen LogP contribution in [-0.2, 0) is 6.42 Å². The fourth-order valence-electron chi connectivity index (χ4n) is 2.47. The number of likely N-dealkylation sites (N-methyl/N-ethyl adjacent to an activating group) is 1. The summed E-state index contributed by atoms with van der Waals surface area (Å²) in [4.78, 5) is 3.70. The smallest absolute Gasteiger partial charge is 0.0561 e. The van der Waals surface area contributed by atoms with Crippen LogP contribution >= 0.6 is 11.3 Å². The fourth-order valence-corrected chi connectivity index (χ4v) is 3.39. The number of hydrogen-bond donors (Lipinski definition) is 1. The zero-order valence-corrected chi connectivity index (χ0v) is 14.3. The highest BCUT2D eigenvalue weighted by atomic mass is 32.1. The van der Waals surface area contributed by atoms with E-state index in [9.17, 15) is 0 Å². The predicted octanol–water partition coefficient (Wildman–Crippen LogP) is 4.26. The Morgan fingerprint density at radius 1 is 1.14 bits per heavy atom. The molecule has 1 N–H and O–H groups in total. The average Bonchev–Trinajstić information content (AvgIpc) is 3.01. The van der Waals surface area contributed by atoms with Gasteiger partial charge in [0, 0.05) is 17.5 Å². The highest BCUT2D eigenvalue weighted by Gasteiger charge is 2.16. The third-order valence-corrected chi connectivity index (χ3v) is 4.97. The molecule has 0 aliphatic rings. The summed E-state index contributed by atoms with van der Waals surface area (Å²) in [5.74, 6) is 0. The number of hydrogen-bond acceptors (Lipinski definition) is 3. The summed E-state index contributed by atoms with van der Waals surface area (Å²) in [6, 6.07) is 14.1. The van der Waals surface area contributed by atoms with E-state index in [0.29, 0.717) is 12.1 Å². The molecule has 0 saturated carbocycles. The van der Waals surface area contributed by atoms with Crippen molar-refractivity contribution in [2.45, 2.75) is 32.4 Å². The van der Waals surface area contributed by atoms with Gasteiger partial charge < -0.3 is 10.2 Å². The lowest BCUT2D eigenvalue weighted by Crippen LogP contribution is -2.32. The zero-order chi connectivity index (χ0) is 15.2. The van der Waals surface area contributed by atoms with Gasteiger partial charge >= 0.3 is 0 Å². The van der Waals surface area contributed by atoms with Crippen LogP contribution in [0.4, 0.5) is 0 Å². The van der Waals surface area contributed by atoms with E-state index < -0.39 is 0 Å². The van der Waals surface area contributed by atoms with Gasteiger partial charge in [-0.05, 0) is 50.0 Å². The normalized spacial score (nSPS) is 14.3. The van der Waals surface area contributed by atoms with Crippen molar-refractivity contribution < 1.29 is 0 Å². The van der Waals surface area contributed by atoms with Crippen LogP contribution in [0.1, 0.15) is 41.9 Å². The van der Waals surface area contributed by atoms with Gasteiger partial charge in [-0.1, -0.05) is 37.3 Å². The highest BCUT2D eigenvalue weighted by molar-refractivity contribution is 7.10. The molecule has 2 rings (SSSR count). The molecule has 114 valence electrons. The van der Waals surface area contributed by atoms with Gasteiger partial charge in [-0.2, -0.15) is 0 Å². The highest BCUT2D eigenvalue weighted by Crippen LogP contribution is 2.23. The molecule has 0 fully saturated rings. The largest absolute Gasteiger partial charge is 0.308 e. The second kappa shape index (κ2) is 7.74. The van der Waals surface area contributed by atoms with Crippen molar-refractivity contribution in [1.82, 2.24) is 10.2 Å². The van der Waals surface area contributed by atoms with Crippen LogP contribution in [0.3, 0.4) is 0 Å². The predicted molar refractivity (Wildman–Crippen MR) is 93.0 cm³/mol. The second-order valence-electron chi connectivity index (χ2n) is 5.72. The third-order valence-electron chi connectivity index (χ3n) is 4.00. The molecule has 0 bridgehead atoms. The molecular formula is C18H26N2S. The van der Waals surface area contributed by atoms with Crippen LogP contribution in [0.15, 0.2) is 41.8 Å². The van der Waals surface area contributed by atoms with Crippen LogP contribution in [-0.4, -0.2) is 25.5 Å². The van der Waals surface area contributed by atoms with E-state index in [1.165, 1.54) is 16.0 Å². The quantitative estimate of drug-likeness (QED) is 0.822. The van der Waals surface area contributed by atoms with Gasteiger partial charge in [-0.25, -0.2) is 0 Å². The summed E-state index contributed by atoms with van der Waals surface area (Å²) in [5, 5.41) is 5.82. The van der Waals surface area contributed by atoms with E-state index in [1.54, 1.807) is 0 Å². The standard InChI is InChI=1S/C18H26N2S/c1-5-15-8-10-16(11-9-15)14(2)19-13-17(20(3)4)18-7-6-12-21-18/h6-12,14,17,19H,5,13H2,1-4H3. The minimum Gasteiger partial charge on any atom is -0.308 e. The van der Waals surface area contributed by atoms with Crippen molar-refractivity contribution in [3.8, 4) is 0 Å². The Bertz CT molecular complexity index is 517.